The highest BCUT2D eigenvalue weighted by Crippen LogP contribution is 2.11. The number of carbonyl (C=O) groups is 1. The van der Waals surface area contributed by atoms with Gasteiger partial charge < -0.3 is 5.32 Å². The van der Waals surface area contributed by atoms with Gasteiger partial charge in [-0.3, -0.25) is 14.6 Å². The van der Waals surface area contributed by atoms with Crippen LogP contribution in [0.5, 0.6) is 0 Å². The highest BCUT2D eigenvalue weighted by atomic mass is 16.2. The van der Waals surface area contributed by atoms with Crippen LogP contribution in [0.3, 0.4) is 0 Å². The second-order valence-corrected chi connectivity index (χ2v) is 4.97. The first-order valence-electron chi connectivity index (χ1n) is 6.87. The Balaban J connectivity index is 1.75. The molecule has 6 heteroatoms. The Morgan fingerprint density at radius 2 is 2.30 bits per heavy atom. The van der Waals surface area contributed by atoms with E-state index >= 15 is 0 Å². The maximum Gasteiger partial charge on any atom is 0.244 e. The van der Waals surface area contributed by atoms with Crippen molar-refractivity contribution in [3.8, 4) is 0 Å². The van der Waals surface area contributed by atoms with Gasteiger partial charge in [0.1, 0.15) is 6.04 Å². The largest absolute Gasteiger partial charge is 0.354 e. The molecule has 1 atom stereocenters. The molecule has 0 radical (unpaired) electrons. The Labute approximate surface area is 118 Å². The van der Waals surface area contributed by atoms with Gasteiger partial charge in [0.15, 0.2) is 0 Å². The molecule has 0 fully saturated rings. The first-order valence-corrected chi connectivity index (χ1v) is 6.87. The van der Waals surface area contributed by atoms with E-state index < -0.39 is 0 Å². The van der Waals surface area contributed by atoms with Gasteiger partial charge in [-0.15, -0.1) is 0 Å². The van der Waals surface area contributed by atoms with E-state index in [2.05, 4.69) is 20.6 Å². The Hall–Kier alpha value is -2.11. The van der Waals surface area contributed by atoms with Gasteiger partial charge in [-0.25, -0.2) is 0 Å². The lowest BCUT2D eigenvalue weighted by Crippen LogP contribution is -2.32. The third kappa shape index (κ3) is 3.26. The molecule has 0 aliphatic heterocycles. The fourth-order valence-corrected chi connectivity index (χ4v) is 2.20. The van der Waals surface area contributed by atoms with E-state index in [1.807, 2.05) is 26.8 Å². The van der Waals surface area contributed by atoms with Crippen LogP contribution >= 0.6 is 0 Å². The molecule has 1 amide bonds. The monoisotopic (exact) mass is 275 g/mol. The van der Waals surface area contributed by atoms with Crippen LogP contribution in [-0.4, -0.2) is 32.4 Å². The first kappa shape index (κ1) is 14.3. The van der Waals surface area contributed by atoms with Crippen LogP contribution < -0.4 is 5.32 Å². The maximum atomic E-state index is 11.9. The van der Waals surface area contributed by atoms with Gasteiger partial charge in [-0.2, -0.15) is 10.2 Å². The third-order valence-electron chi connectivity index (χ3n) is 3.48. The molecular formula is C14H21N5O. The van der Waals surface area contributed by atoms with E-state index in [-0.39, 0.29) is 11.9 Å². The third-order valence-corrected chi connectivity index (χ3v) is 3.48. The molecule has 6 nitrogen and oxygen atoms in total. The van der Waals surface area contributed by atoms with Crippen LogP contribution in [0, 0.1) is 13.8 Å². The SMILES string of the molecule is Cc1n[nH]c(C)c1CCCNC(=O)C(C)n1cccn1. The number of hydrogen-bond acceptors (Lipinski definition) is 3. The van der Waals surface area contributed by atoms with E-state index in [0.717, 1.165) is 24.2 Å². The van der Waals surface area contributed by atoms with Crippen LogP contribution in [0.4, 0.5) is 0 Å². The Morgan fingerprint density at radius 1 is 1.50 bits per heavy atom. The number of H-pyrrole nitrogens is 1. The highest BCUT2D eigenvalue weighted by Gasteiger charge is 2.14. The van der Waals surface area contributed by atoms with Crippen LogP contribution in [0.1, 0.15) is 36.3 Å². The molecule has 0 bridgehead atoms. The van der Waals surface area contributed by atoms with Crippen LogP contribution in [0.15, 0.2) is 18.5 Å². The van der Waals surface area contributed by atoms with Crippen molar-refractivity contribution in [2.75, 3.05) is 6.54 Å². The van der Waals surface area contributed by atoms with Crippen molar-refractivity contribution >= 4 is 5.91 Å². The summed E-state index contributed by atoms with van der Waals surface area (Å²) in [5.74, 6) is -0.00524. The standard InChI is InChI=1S/C14H21N5O/c1-10-13(11(2)18-17-10)6-4-7-15-14(20)12(3)19-9-5-8-16-19/h5,8-9,12H,4,6-7H2,1-3H3,(H,15,20)(H,17,18). The summed E-state index contributed by atoms with van der Waals surface area (Å²) in [6.07, 6.45) is 5.29. The average Bonchev–Trinajstić information content (AvgIpc) is 3.06. The molecule has 2 aromatic heterocycles. The fraction of sp³-hybridized carbons (Fsp3) is 0.500. The Kier molecular flexibility index (Phi) is 4.55. The number of nitrogens with zero attached hydrogens (tertiary/aromatic N) is 3. The van der Waals surface area contributed by atoms with Gasteiger partial charge in [0.2, 0.25) is 5.91 Å². The van der Waals surface area contributed by atoms with Gasteiger partial charge in [0, 0.05) is 24.6 Å². The molecule has 0 saturated carbocycles. The first-order chi connectivity index (χ1) is 9.59. The molecule has 20 heavy (non-hydrogen) atoms. The number of aromatic nitrogens is 4. The number of hydrogen-bond donors (Lipinski definition) is 2. The van der Waals surface area contributed by atoms with Gasteiger partial charge in [-0.05, 0) is 45.2 Å². The highest BCUT2D eigenvalue weighted by molar-refractivity contribution is 5.79. The molecule has 2 N–H and O–H groups in total. The predicted molar refractivity (Wildman–Crippen MR) is 76.3 cm³/mol. The van der Waals surface area contributed by atoms with Gasteiger partial charge in [0.05, 0.1) is 5.69 Å². The van der Waals surface area contributed by atoms with Crippen molar-refractivity contribution in [3.05, 3.63) is 35.4 Å². The Bertz CT molecular complexity index is 539. The summed E-state index contributed by atoms with van der Waals surface area (Å²) < 4.78 is 1.65. The summed E-state index contributed by atoms with van der Waals surface area (Å²) in [7, 11) is 0. The van der Waals surface area contributed by atoms with E-state index in [1.165, 1.54) is 5.56 Å². The van der Waals surface area contributed by atoms with Crippen LogP contribution in [-0.2, 0) is 11.2 Å². The summed E-state index contributed by atoms with van der Waals surface area (Å²) in [6.45, 7) is 6.52. The van der Waals surface area contributed by atoms with Gasteiger partial charge in [0.25, 0.3) is 0 Å². The van der Waals surface area contributed by atoms with E-state index in [4.69, 9.17) is 0 Å². The minimum absolute atomic E-state index is 0.00524. The van der Waals surface area contributed by atoms with Crippen molar-refractivity contribution in [1.82, 2.24) is 25.3 Å². The lowest BCUT2D eigenvalue weighted by molar-refractivity contribution is -0.124. The lowest BCUT2D eigenvalue weighted by atomic mass is 10.1. The van der Waals surface area contributed by atoms with E-state index in [9.17, 15) is 4.79 Å². The summed E-state index contributed by atoms with van der Waals surface area (Å²) >= 11 is 0. The number of carbonyl (C=O) groups excluding carboxylic acids is 1. The zero-order valence-electron chi connectivity index (χ0n) is 12.2. The topological polar surface area (TPSA) is 75.6 Å². The lowest BCUT2D eigenvalue weighted by Gasteiger charge is -2.12. The molecule has 2 heterocycles. The summed E-state index contributed by atoms with van der Waals surface area (Å²) in [5, 5.41) is 14.2. The van der Waals surface area contributed by atoms with E-state index in [0.29, 0.717) is 6.54 Å². The molecular weight excluding hydrogens is 254 g/mol. The minimum atomic E-state index is -0.276. The molecule has 1 unspecified atom stereocenters. The minimum Gasteiger partial charge on any atom is -0.354 e. The quantitative estimate of drug-likeness (QED) is 0.785. The van der Waals surface area contributed by atoms with Gasteiger partial charge >= 0.3 is 0 Å². The average molecular weight is 275 g/mol. The number of amides is 1. The van der Waals surface area contributed by atoms with Gasteiger partial charge in [-0.1, -0.05) is 0 Å². The van der Waals surface area contributed by atoms with Crippen molar-refractivity contribution < 1.29 is 4.79 Å². The summed E-state index contributed by atoms with van der Waals surface area (Å²) in [4.78, 5) is 11.9. The second-order valence-electron chi connectivity index (χ2n) is 4.97. The second kappa shape index (κ2) is 6.36. The predicted octanol–water partition coefficient (Wildman–Crippen LogP) is 1.53. The molecule has 0 aliphatic rings. The molecule has 108 valence electrons. The zero-order valence-corrected chi connectivity index (χ0v) is 12.2. The van der Waals surface area contributed by atoms with E-state index in [1.54, 1.807) is 17.1 Å². The molecule has 0 aliphatic carbocycles. The smallest absolute Gasteiger partial charge is 0.244 e. The summed E-state index contributed by atoms with van der Waals surface area (Å²) in [5.41, 5.74) is 3.40. The molecule has 2 aromatic rings. The summed E-state index contributed by atoms with van der Waals surface area (Å²) in [6, 6.07) is 1.54. The fourth-order valence-electron chi connectivity index (χ4n) is 2.20. The number of aromatic amines is 1. The van der Waals surface area contributed by atoms with Crippen molar-refractivity contribution in [3.63, 3.8) is 0 Å². The van der Waals surface area contributed by atoms with Crippen molar-refractivity contribution in [2.24, 2.45) is 0 Å². The Morgan fingerprint density at radius 3 is 2.90 bits per heavy atom. The normalized spacial score (nSPS) is 12.3. The van der Waals surface area contributed by atoms with Crippen LogP contribution in [0.25, 0.3) is 0 Å². The molecule has 0 aromatic carbocycles. The van der Waals surface area contributed by atoms with Crippen LogP contribution in [0.2, 0.25) is 0 Å². The van der Waals surface area contributed by atoms with Crippen molar-refractivity contribution in [1.29, 1.82) is 0 Å². The van der Waals surface area contributed by atoms with Crippen molar-refractivity contribution in [2.45, 2.75) is 39.7 Å². The molecule has 2 rings (SSSR count). The zero-order chi connectivity index (χ0) is 14.5. The number of aryl methyl sites for hydroxylation is 2. The molecule has 0 saturated heterocycles. The molecule has 0 spiro atoms. The number of rotatable bonds is 6. The number of nitrogens with one attached hydrogen (secondary N) is 2. The maximum absolute atomic E-state index is 11.9.